The SMILES string of the molecule is Cc1ccc(C)c([C@H](C)NC(=O)[C@H]2[C@@H](C(=O)O)[C@H]3CC[C@H]2O3)c1. The lowest BCUT2D eigenvalue weighted by atomic mass is 9.78. The highest BCUT2D eigenvalue weighted by atomic mass is 16.5. The van der Waals surface area contributed by atoms with E-state index in [4.69, 9.17) is 4.74 Å². The predicted octanol–water partition coefficient (Wildman–Crippen LogP) is 2.36. The Balaban J connectivity index is 1.76. The third-order valence-electron chi connectivity index (χ3n) is 5.12. The van der Waals surface area contributed by atoms with Crippen LogP contribution in [0.25, 0.3) is 0 Å². The lowest BCUT2D eigenvalue weighted by molar-refractivity contribution is -0.148. The normalized spacial score (nSPS) is 30.2. The Morgan fingerprint density at radius 3 is 2.52 bits per heavy atom. The van der Waals surface area contributed by atoms with E-state index in [0.717, 1.165) is 29.5 Å². The van der Waals surface area contributed by atoms with Crippen molar-refractivity contribution in [2.45, 2.75) is 51.9 Å². The number of carboxylic acid groups (broad SMARTS) is 1. The second-order valence-electron chi connectivity index (χ2n) is 6.77. The van der Waals surface area contributed by atoms with Gasteiger partial charge in [-0.1, -0.05) is 23.8 Å². The van der Waals surface area contributed by atoms with Gasteiger partial charge >= 0.3 is 5.97 Å². The Labute approximate surface area is 136 Å². The first-order valence-corrected chi connectivity index (χ1v) is 8.14. The molecular formula is C18H23NO4. The fraction of sp³-hybridized carbons (Fsp3) is 0.556. The number of fused-ring (bicyclic) bond motifs is 2. The number of aryl methyl sites for hydroxylation is 2. The van der Waals surface area contributed by atoms with Gasteiger partial charge in [-0.25, -0.2) is 0 Å². The summed E-state index contributed by atoms with van der Waals surface area (Å²) in [6.45, 7) is 5.96. The molecule has 0 unspecified atom stereocenters. The van der Waals surface area contributed by atoms with Gasteiger partial charge in [0.05, 0.1) is 30.1 Å². The Morgan fingerprint density at radius 1 is 1.22 bits per heavy atom. The van der Waals surface area contributed by atoms with E-state index in [1.807, 2.05) is 32.9 Å². The van der Waals surface area contributed by atoms with Crippen molar-refractivity contribution in [3.8, 4) is 0 Å². The van der Waals surface area contributed by atoms with Crippen molar-refractivity contribution in [3.05, 3.63) is 34.9 Å². The summed E-state index contributed by atoms with van der Waals surface area (Å²) in [6, 6.07) is 5.98. The van der Waals surface area contributed by atoms with Crippen molar-refractivity contribution in [1.82, 2.24) is 5.32 Å². The third-order valence-corrected chi connectivity index (χ3v) is 5.12. The first-order valence-electron chi connectivity index (χ1n) is 8.14. The molecule has 2 aliphatic rings. The molecular weight excluding hydrogens is 294 g/mol. The van der Waals surface area contributed by atoms with Crippen molar-refractivity contribution in [2.75, 3.05) is 0 Å². The molecule has 1 amide bonds. The average Bonchev–Trinajstić information content (AvgIpc) is 3.10. The summed E-state index contributed by atoms with van der Waals surface area (Å²) in [5.74, 6) is -2.45. The van der Waals surface area contributed by atoms with Gasteiger partial charge in [0.15, 0.2) is 0 Å². The number of amides is 1. The molecule has 1 aromatic rings. The fourth-order valence-corrected chi connectivity index (χ4v) is 3.94. The largest absolute Gasteiger partial charge is 0.481 e. The summed E-state index contributed by atoms with van der Waals surface area (Å²) in [5, 5.41) is 12.4. The number of carbonyl (C=O) groups excluding carboxylic acids is 1. The van der Waals surface area contributed by atoms with Crippen LogP contribution in [0.5, 0.6) is 0 Å². The molecule has 5 heteroatoms. The van der Waals surface area contributed by atoms with Crippen LogP contribution in [0, 0.1) is 25.7 Å². The maximum atomic E-state index is 12.7. The van der Waals surface area contributed by atoms with Crippen molar-refractivity contribution >= 4 is 11.9 Å². The van der Waals surface area contributed by atoms with E-state index in [9.17, 15) is 14.7 Å². The van der Waals surface area contributed by atoms with Gasteiger partial charge in [-0.2, -0.15) is 0 Å². The molecule has 5 atom stereocenters. The van der Waals surface area contributed by atoms with Crippen molar-refractivity contribution in [1.29, 1.82) is 0 Å². The van der Waals surface area contributed by atoms with Gasteiger partial charge in [-0.3, -0.25) is 9.59 Å². The summed E-state index contributed by atoms with van der Waals surface area (Å²) in [6.07, 6.45) is 0.929. The molecule has 0 aromatic heterocycles. The molecule has 2 fully saturated rings. The van der Waals surface area contributed by atoms with Crippen LogP contribution in [0.1, 0.15) is 42.5 Å². The molecule has 0 spiro atoms. The van der Waals surface area contributed by atoms with Crippen LogP contribution < -0.4 is 5.32 Å². The number of ether oxygens (including phenoxy) is 1. The zero-order valence-electron chi connectivity index (χ0n) is 13.7. The molecule has 2 N–H and O–H groups in total. The molecule has 2 saturated heterocycles. The van der Waals surface area contributed by atoms with Gasteiger partial charge in [-0.15, -0.1) is 0 Å². The number of hydrogen-bond acceptors (Lipinski definition) is 3. The lowest BCUT2D eigenvalue weighted by Crippen LogP contribution is -2.44. The molecule has 1 aromatic carbocycles. The predicted molar refractivity (Wildman–Crippen MR) is 85.0 cm³/mol. The minimum atomic E-state index is -0.934. The molecule has 3 rings (SSSR count). The zero-order chi connectivity index (χ0) is 16.7. The molecule has 23 heavy (non-hydrogen) atoms. The molecule has 0 aliphatic carbocycles. The molecule has 5 nitrogen and oxygen atoms in total. The van der Waals surface area contributed by atoms with Gasteiger partial charge in [-0.05, 0) is 44.7 Å². The average molecular weight is 317 g/mol. The number of carboxylic acids is 1. The van der Waals surface area contributed by atoms with Gasteiger partial charge < -0.3 is 15.2 Å². The van der Waals surface area contributed by atoms with Crippen LogP contribution in [0.2, 0.25) is 0 Å². The highest BCUT2D eigenvalue weighted by Crippen LogP contribution is 2.43. The molecule has 2 bridgehead atoms. The highest BCUT2D eigenvalue weighted by molar-refractivity contribution is 5.86. The fourth-order valence-electron chi connectivity index (χ4n) is 3.94. The molecule has 0 saturated carbocycles. The number of rotatable bonds is 4. The Kier molecular flexibility index (Phi) is 4.15. The van der Waals surface area contributed by atoms with Crippen LogP contribution in [-0.2, 0) is 14.3 Å². The highest BCUT2D eigenvalue weighted by Gasteiger charge is 2.55. The van der Waals surface area contributed by atoms with Crippen LogP contribution in [0.15, 0.2) is 18.2 Å². The van der Waals surface area contributed by atoms with Crippen molar-refractivity contribution < 1.29 is 19.4 Å². The van der Waals surface area contributed by atoms with Gasteiger partial charge in [0.2, 0.25) is 5.91 Å². The van der Waals surface area contributed by atoms with Gasteiger partial charge in [0.25, 0.3) is 0 Å². The first-order chi connectivity index (χ1) is 10.9. The number of aliphatic carboxylic acids is 1. The van der Waals surface area contributed by atoms with E-state index >= 15 is 0 Å². The van der Waals surface area contributed by atoms with E-state index < -0.39 is 17.8 Å². The molecule has 124 valence electrons. The quantitative estimate of drug-likeness (QED) is 0.894. The van der Waals surface area contributed by atoms with Gasteiger partial charge in [0.1, 0.15) is 0 Å². The Bertz CT molecular complexity index is 642. The van der Waals surface area contributed by atoms with E-state index in [1.54, 1.807) is 0 Å². The zero-order valence-corrected chi connectivity index (χ0v) is 13.7. The van der Waals surface area contributed by atoms with Crippen LogP contribution in [0.4, 0.5) is 0 Å². The number of hydrogen-bond donors (Lipinski definition) is 2. The lowest BCUT2D eigenvalue weighted by Gasteiger charge is -2.26. The van der Waals surface area contributed by atoms with Gasteiger partial charge in [0, 0.05) is 0 Å². The molecule has 0 radical (unpaired) electrons. The minimum Gasteiger partial charge on any atom is -0.481 e. The van der Waals surface area contributed by atoms with Crippen LogP contribution in [-0.4, -0.2) is 29.2 Å². The van der Waals surface area contributed by atoms with Crippen LogP contribution in [0.3, 0.4) is 0 Å². The number of benzene rings is 1. The van der Waals surface area contributed by atoms with E-state index in [1.165, 1.54) is 0 Å². The molecule has 2 aliphatic heterocycles. The van der Waals surface area contributed by atoms with E-state index in [0.29, 0.717) is 0 Å². The Hall–Kier alpha value is -1.88. The summed E-state index contributed by atoms with van der Waals surface area (Å²) in [5.41, 5.74) is 3.31. The summed E-state index contributed by atoms with van der Waals surface area (Å²) in [7, 11) is 0. The topological polar surface area (TPSA) is 75.6 Å². The monoisotopic (exact) mass is 317 g/mol. The number of carbonyl (C=O) groups is 2. The number of nitrogens with one attached hydrogen (secondary N) is 1. The first kappa shape index (κ1) is 16.0. The maximum Gasteiger partial charge on any atom is 0.310 e. The van der Waals surface area contributed by atoms with Crippen molar-refractivity contribution in [3.63, 3.8) is 0 Å². The second kappa shape index (κ2) is 5.96. The van der Waals surface area contributed by atoms with E-state index in [-0.39, 0.29) is 24.2 Å². The third kappa shape index (κ3) is 2.85. The summed E-state index contributed by atoms with van der Waals surface area (Å²) in [4.78, 5) is 24.2. The smallest absolute Gasteiger partial charge is 0.310 e. The standard InChI is InChI=1S/C18H23NO4/c1-9-4-5-10(2)12(8-9)11(3)19-17(20)15-13-6-7-14(23-13)16(15)18(21)22/h4-5,8,11,13-16H,6-7H2,1-3H3,(H,19,20)(H,21,22)/t11-,13+,14+,15+,16-/m0/s1. The maximum absolute atomic E-state index is 12.7. The van der Waals surface area contributed by atoms with Crippen molar-refractivity contribution in [2.24, 2.45) is 11.8 Å². The minimum absolute atomic E-state index is 0.157. The van der Waals surface area contributed by atoms with Crippen LogP contribution >= 0.6 is 0 Å². The van der Waals surface area contributed by atoms with E-state index in [2.05, 4.69) is 11.4 Å². The summed E-state index contributed by atoms with van der Waals surface area (Å²) < 4.78 is 5.67. The Morgan fingerprint density at radius 2 is 1.87 bits per heavy atom. The second-order valence-corrected chi connectivity index (χ2v) is 6.77. The molecule has 2 heterocycles. The summed E-state index contributed by atoms with van der Waals surface area (Å²) >= 11 is 0.